The first-order chi connectivity index (χ1) is 16.2. The SMILES string of the molecule is O=C(NC1CCN(Cc2ccccc2)CC1)c1cnc(N2CCC(N3CCOCC3)CC2)s1. The van der Waals surface area contributed by atoms with Crippen LogP contribution in [0.4, 0.5) is 5.13 Å². The predicted molar refractivity (Wildman–Crippen MR) is 132 cm³/mol. The van der Waals surface area contributed by atoms with E-state index in [9.17, 15) is 4.79 Å². The molecule has 0 unspecified atom stereocenters. The van der Waals surface area contributed by atoms with E-state index in [-0.39, 0.29) is 11.9 Å². The van der Waals surface area contributed by atoms with Gasteiger partial charge >= 0.3 is 0 Å². The van der Waals surface area contributed by atoms with Gasteiger partial charge in [0.05, 0.1) is 19.4 Å². The second-order valence-corrected chi connectivity index (χ2v) is 10.4. The number of carbonyl (C=O) groups is 1. The van der Waals surface area contributed by atoms with E-state index < -0.39 is 0 Å². The van der Waals surface area contributed by atoms with Gasteiger partial charge in [0.2, 0.25) is 0 Å². The molecule has 5 rings (SSSR count). The maximum atomic E-state index is 12.8. The quantitative estimate of drug-likeness (QED) is 0.702. The maximum Gasteiger partial charge on any atom is 0.263 e. The molecule has 0 atom stereocenters. The molecule has 3 fully saturated rings. The van der Waals surface area contributed by atoms with E-state index in [0.717, 1.165) is 94.7 Å². The number of rotatable bonds is 6. The molecular weight excluding hydrogens is 434 g/mol. The number of carbonyl (C=O) groups excluding carboxylic acids is 1. The summed E-state index contributed by atoms with van der Waals surface area (Å²) in [7, 11) is 0. The molecule has 3 saturated heterocycles. The van der Waals surface area contributed by atoms with Gasteiger partial charge in [-0.3, -0.25) is 14.6 Å². The van der Waals surface area contributed by atoms with Gasteiger partial charge in [-0.25, -0.2) is 4.98 Å². The molecule has 3 aliphatic rings. The molecule has 8 heteroatoms. The standard InChI is InChI=1S/C25H35N5O2S/c31-24(27-21-6-10-28(11-7-21)19-20-4-2-1-3-5-20)23-18-26-25(33-23)30-12-8-22(9-13-30)29-14-16-32-17-15-29/h1-5,18,21-22H,6-17,19H2,(H,27,31). The number of ether oxygens (including phenoxy) is 1. The number of thiazole rings is 1. The number of hydrogen-bond acceptors (Lipinski definition) is 7. The van der Waals surface area contributed by atoms with E-state index in [0.29, 0.717) is 6.04 Å². The van der Waals surface area contributed by atoms with Crippen molar-refractivity contribution in [3.8, 4) is 0 Å². The van der Waals surface area contributed by atoms with Gasteiger partial charge < -0.3 is 15.0 Å². The first kappa shape index (κ1) is 22.8. The van der Waals surface area contributed by atoms with Crippen molar-refractivity contribution in [3.63, 3.8) is 0 Å². The molecule has 0 spiro atoms. The van der Waals surface area contributed by atoms with Crippen LogP contribution in [0.15, 0.2) is 36.5 Å². The molecule has 178 valence electrons. The number of likely N-dealkylation sites (tertiary alicyclic amines) is 1. The van der Waals surface area contributed by atoms with Crippen molar-refractivity contribution >= 4 is 22.4 Å². The molecule has 33 heavy (non-hydrogen) atoms. The van der Waals surface area contributed by atoms with Crippen LogP contribution in [0.1, 0.15) is 40.9 Å². The summed E-state index contributed by atoms with van der Waals surface area (Å²) in [5.41, 5.74) is 1.35. The molecule has 0 bridgehead atoms. The predicted octanol–water partition coefficient (Wildman–Crippen LogP) is 2.84. The zero-order chi connectivity index (χ0) is 22.5. The summed E-state index contributed by atoms with van der Waals surface area (Å²) in [6.45, 7) is 8.87. The molecule has 1 aromatic carbocycles. The summed E-state index contributed by atoms with van der Waals surface area (Å²) in [6, 6.07) is 11.5. The second kappa shape index (κ2) is 11.0. The smallest absolute Gasteiger partial charge is 0.263 e. The highest BCUT2D eigenvalue weighted by atomic mass is 32.1. The number of nitrogens with zero attached hydrogens (tertiary/aromatic N) is 4. The summed E-state index contributed by atoms with van der Waals surface area (Å²) < 4.78 is 5.49. The van der Waals surface area contributed by atoms with Crippen LogP contribution in [0.25, 0.3) is 0 Å². The number of hydrogen-bond donors (Lipinski definition) is 1. The fourth-order valence-corrected chi connectivity index (χ4v) is 6.09. The Morgan fingerprint density at radius 2 is 1.73 bits per heavy atom. The molecular formula is C25H35N5O2S. The molecule has 4 heterocycles. The Morgan fingerprint density at radius 3 is 2.45 bits per heavy atom. The Balaban J connectivity index is 1.06. The maximum absolute atomic E-state index is 12.8. The third kappa shape index (κ3) is 5.93. The van der Waals surface area contributed by atoms with Crippen LogP contribution < -0.4 is 10.2 Å². The van der Waals surface area contributed by atoms with Crippen molar-refractivity contribution in [2.24, 2.45) is 0 Å². The average Bonchev–Trinajstić information content (AvgIpc) is 3.37. The van der Waals surface area contributed by atoms with Gasteiger partial charge in [-0.15, -0.1) is 0 Å². The number of amides is 1. The van der Waals surface area contributed by atoms with Gasteiger partial charge in [0, 0.05) is 57.9 Å². The van der Waals surface area contributed by atoms with Crippen LogP contribution in [0.5, 0.6) is 0 Å². The van der Waals surface area contributed by atoms with Gasteiger partial charge in [-0.1, -0.05) is 41.7 Å². The van der Waals surface area contributed by atoms with Crippen LogP contribution in [-0.4, -0.2) is 85.3 Å². The largest absolute Gasteiger partial charge is 0.379 e. The van der Waals surface area contributed by atoms with Gasteiger partial charge in [0.1, 0.15) is 4.88 Å². The van der Waals surface area contributed by atoms with Gasteiger partial charge in [0.15, 0.2) is 5.13 Å². The van der Waals surface area contributed by atoms with E-state index in [4.69, 9.17) is 4.74 Å². The Morgan fingerprint density at radius 1 is 1.00 bits per heavy atom. The topological polar surface area (TPSA) is 60.9 Å². The third-order valence-electron chi connectivity index (χ3n) is 7.19. The molecule has 0 radical (unpaired) electrons. The van der Waals surface area contributed by atoms with E-state index in [1.54, 1.807) is 6.20 Å². The number of benzene rings is 1. The van der Waals surface area contributed by atoms with Crippen LogP contribution in [0.3, 0.4) is 0 Å². The number of piperidine rings is 2. The molecule has 1 aromatic heterocycles. The Labute approximate surface area is 200 Å². The molecule has 1 amide bonds. The minimum atomic E-state index is 0.0310. The van der Waals surface area contributed by atoms with Crippen molar-refractivity contribution in [1.29, 1.82) is 0 Å². The lowest BCUT2D eigenvalue weighted by Gasteiger charge is -2.40. The first-order valence-corrected chi connectivity index (χ1v) is 13.2. The van der Waals surface area contributed by atoms with E-state index in [1.807, 2.05) is 0 Å². The lowest BCUT2D eigenvalue weighted by atomic mass is 10.0. The monoisotopic (exact) mass is 469 g/mol. The van der Waals surface area contributed by atoms with Gasteiger partial charge in [-0.2, -0.15) is 0 Å². The van der Waals surface area contributed by atoms with Crippen LogP contribution in [-0.2, 0) is 11.3 Å². The summed E-state index contributed by atoms with van der Waals surface area (Å²) in [5, 5.41) is 4.24. The van der Waals surface area contributed by atoms with Crippen molar-refractivity contribution in [2.75, 3.05) is 57.4 Å². The van der Waals surface area contributed by atoms with Crippen LogP contribution >= 0.6 is 11.3 Å². The number of morpholine rings is 1. The van der Waals surface area contributed by atoms with Crippen LogP contribution in [0.2, 0.25) is 0 Å². The molecule has 2 aromatic rings. The summed E-state index contributed by atoms with van der Waals surface area (Å²) in [5.74, 6) is 0.0310. The van der Waals surface area contributed by atoms with E-state index >= 15 is 0 Å². The summed E-state index contributed by atoms with van der Waals surface area (Å²) in [4.78, 5) is 25.6. The average molecular weight is 470 g/mol. The normalized spacial score (nSPS) is 21.9. The molecule has 3 aliphatic heterocycles. The first-order valence-electron chi connectivity index (χ1n) is 12.3. The van der Waals surface area contributed by atoms with Crippen LogP contribution in [0, 0.1) is 0 Å². The van der Waals surface area contributed by atoms with Crippen molar-refractivity contribution in [3.05, 3.63) is 47.0 Å². The lowest BCUT2D eigenvalue weighted by molar-refractivity contribution is 0.0115. The zero-order valence-corrected chi connectivity index (χ0v) is 20.1. The molecule has 0 saturated carbocycles. The van der Waals surface area contributed by atoms with Crippen molar-refractivity contribution in [2.45, 2.75) is 44.3 Å². The van der Waals surface area contributed by atoms with Crippen molar-refractivity contribution in [1.82, 2.24) is 20.1 Å². The summed E-state index contributed by atoms with van der Waals surface area (Å²) in [6.07, 6.45) is 6.07. The fourth-order valence-electron chi connectivity index (χ4n) is 5.21. The lowest BCUT2D eigenvalue weighted by Crippen LogP contribution is -2.49. The number of nitrogens with one attached hydrogen (secondary N) is 1. The van der Waals surface area contributed by atoms with E-state index in [2.05, 4.69) is 55.3 Å². The molecule has 0 aliphatic carbocycles. The zero-order valence-electron chi connectivity index (χ0n) is 19.3. The molecule has 7 nitrogen and oxygen atoms in total. The van der Waals surface area contributed by atoms with Crippen molar-refractivity contribution < 1.29 is 9.53 Å². The minimum absolute atomic E-state index is 0.0310. The van der Waals surface area contributed by atoms with Gasteiger partial charge in [-0.05, 0) is 31.2 Å². The summed E-state index contributed by atoms with van der Waals surface area (Å²) >= 11 is 1.53. The number of aromatic nitrogens is 1. The fraction of sp³-hybridized carbons (Fsp3) is 0.600. The van der Waals surface area contributed by atoms with E-state index in [1.165, 1.54) is 16.9 Å². The third-order valence-corrected chi connectivity index (χ3v) is 8.24. The minimum Gasteiger partial charge on any atom is -0.379 e. The Hall–Kier alpha value is -2.00. The highest BCUT2D eigenvalue weighted by Crippen LogP contribution is 2.27. The molecule has 1 N–H and O–H groups in total. The second-order valence-electron chi connectivity index (χ2n) is 9.38. The number of anilines is 1. The van der Waals surface area contributed by atoms with Gasteiger partial charge in [0.25, 0.3) is 5.91 Å². The Kier molecular flexibility index (Phi) is 7.56. The Bertz CT molecular complexity index is 885. The highest BCUT2D eigenvalue weighted by molar-refractivity contribution is 7.17. The highest BCUT2D eigenvalue weighted by Gasteiger charge is 2.28.